The molecule has 0 saturated heterocycles. The third kappa shape index (κ3) is 3.28. The maximum atomic E-state index is 9.30. The van der Waals surface area contributed by atoms with Crippen LogP contribution < -0.4 is 10.6 Å². The average Bonchev–Trinajstić information content (AvgIpc) is 2.41. The fraction of sp³-hybridized carbons (Fsp3) is 0.692. The monoisotopic (exact) mass is 284 g/mol. The number of aliphatic hydroxyl groups is 1. The van der Waals surface area contributed by atoms with Gasteiger partial charge in [0.1, 0.15) is 0 Å². The molecule has 6 heteroatoms. The summed E-state index contributed by atoms with van der Waals surface area (Å²) in [5, 5.41) is 9.51. The minimum absolute atomic E-state index is 0.0800. The summed E-state index contributed by atoms with van der Waals surface area (Å²) in [7, 11) is 0. The van der Waals surface area contributed by atoms with E-state index in [1.807, 2.05) is 6.92 Å². The molecule has 1 aliphatic carbocycles. The molecule has 3 N–H and O–H groups in total. The van der Waals surface area contributed by atoms with Crippen LogP contribution in [-0.4, -0.2) is 34.3 Å². The molecule has 0 atom stereocenters. The normalized spacial score (nSPS) is 16.6. The summed E-state index contributed by atoms with van der Waals surface area (Å²) in [6.07, 6.45) is 5.93. The molecule has 0 aliphatic heterocycles. The zero-order chi connectivity index (χ0) is 13.8. The Bertz CT molecular complexity index is 435. The highest BCUT2D eigenvalue weighted by atomic mass is 35.5. The lowest BCUT2D eigenvalue weighted by Gasteiger charge is -2.35. The Morgan fingerprint density at radius 3 is 2.63 bits per heavy atom. The highest BCUT2D eigenvalue weighted by Crippen LogP contribution is 2.31. The summed E-state index contributed by atoms with van der Waals surface area (Å²) >= 11 is 5.94. The lowest BCUT2D eigenvalue weighted by molar-refractivity contribution is 0.289. The first-order chi connectivity index (χ1) is 9.13. The van der Waals surface area contributed by atoms with Gasteiger partial charge in [0.05, 0.1) is 18.0 Å². The molecule has 1 aromatic rings. The number of anilines is 2. The van der Waals surface area contributed by atoms with Crippen LogP contribution in [0.5, 0.6) is 0 Å². The zero-order valence-corrected chi connectivity index (χ0v) is 12.0. The first-order valence-corrected chi connectivity index (χ1v) is 7.18. The lowest BCUT2D eigenvalue weighted by Crippen LogP contribution is -2.40. The summed E-state index contributed by atoms with van der Waals surface area (Å²) in [6, 6.07) is 0.383. The molecule has 2 rings (SSSR count). The van der Waals surface area contributed by atoms with Gasteiger partial charge in [-0.2, -0.15) is 4.98 Å². The van der Waals surface area contributed by atoms with E-state index in [-0.39, 0.29) is 11.9 Å². The zero-order valence-electron chi connectivity index (χ0n) is 11.3. The van der Waals surface area contributed by atoms with E-state index in [1.165, 1.54) is 19.3 Å². The molecule has 1 aromatic heterocycles. The average molecular weight is 285 g/mol. The number of aryl methyl sites for hydroxylation is 1. The van der Waals surface area contributed by atoms with Crippen molar-refractivity contribution >= 4 is 23.1 Å². The van der Waals surface area contributed by atoms with E-state index in [0.29, 0.717) is 29.8 Å². The summed E-state index contributed by atoms with van der Waals surface area (Å²) in [4.78, 5) is 10.4. The molecule has 1 fully saturated rings. The summed E-state index contributed by atoms with van der Waals surface area (Å²) in [6.45, 7) is 2.43. The summed E-state index contributed by atoms with van der Waals surface area (Å²) in [5.41, 5.74) is 7.33. The largest absolute Gasteiger partial charge is 0.395 e. The van der Waals surface area contributed by atoms with Crippen LogP contribution in [0.2, 0.25) is 5.28 Å². The standard InChI is InChI=1S/C13H21ClN4O/c1-9-11(15)12(17-13(14)16-9)18(7-8-19)10-5-3-2-4-6-10/h10,19H,2-8,15H2,1H3. The van der Waals surface area contributed by atoms with Crippen molar-refractivity contribution in [3.63, 3.8) is 0 Å². The Kier molecular flexibility index (Phi) is 4.82. The smallest absolute Gasteiger partial charge is 0.224 e. The van der Waals surface area contributed by atoms with Crippen molar-refractivity contribution in [2.45, 2.75) is 45.1 Å². The number of halogens is 1. The topological polar surface area (TPSA) is 75.3 Å². The van der Waals surface area contributed by atoms with Gasteiger partial charge in [0, 0.05) is 12.6 Å². The number of nitrogens with zero attached hydrogens (tertiary/aromatic N) is 3. The van der Waals surface area contributed by atoms with Crippen LogP contribution in [-0.2, 0) is 0 Å². The van der Waals surface area contributed by atoms with E-state index < -0.39 is 0 Å². The molecule has 0 unspecified atom stereocenters. The fourth-order valence-electron chi connectivity index (χ4n) is 2.71. The Hall–Kier alpha value is -1.07. The van der Waals surface area contributed by atoms with E-state index in [1.54, 1.807) is 0 Å². The second kappa shape index (κ2) is 6.39. The van der Waals surface area contributed by atoms with Crippen LogP contribution in [0.15, 0.2) is 0 Å². The predicted octanol–water partition coefficient (Wildman–Crippen LogP) is 2.15. The third-order valence-electron chi connectivity index (χ3n) is 3.72. The highest BCUT2D eigenvalue weighted by Gasteiger charge is 2.24. The van der Waals surface area contributed by atoms with Gasteiger partial charge in [-0.25, -0.2) is 4.98 Å². The van der Waals surface area contributed by atoms with E-state index in [4.69, 9.17) is 17.3 Å². The van der Waals surface area contributed by atoms with Gasteiger partial charge in [-0.3, -0.25) is 0 Å². The maximum Gasteiger partial charge on any atom is 0.224 e. The van der Waals surface area contributed by atoms with Gasteiger partial charge in [0.25, 0.3) is 0 Å². The van der Waals surface area contributed by atoms with Crippen LogP contribution in [0, 0.1) is 6.92 Å². The van der Waals surface area contributed by atoms with Crippen LogP contribution in [0.4, 0.5) is 11.5 Å². The Labute approximate surface area is 118 Å². The van der Waals surface area contributed by atoms with Gasteiger partial charge in [-0.05, 0) is 31.4 Å². The number of hydrogen-bond donors (Lipinski definition) is 2. The Morgan fingerprint density at radius 1 is 1.32 bits per heavy atom. The van der Waals surface area contributed by atoms with Crippen molar-refractivity contribution in [2.24, 2.45) is 0 Å². The van der Waals surface area contributed by atoms with E-state index in [2.05, 4.69) is 14.9 Å². The molecule has 5 nitrogen and oxygen atoms in total. The van der Waals surface area contributed by atoms with Gasteiger partial charge in [-0.15, -0.1) is 0 Å². The molecular formula is C13H21ClN4O. The predicted molar refractivity (Wildman–Crippen MR) is 77.5 cm³/mol. The number of nitrogens with two attached hydrogens (primary N) is 1. The molecule has 1 heterocycles. The molecule has 0 bridgehead atoms. The van der Waals surface area contributed by atoms with Gasteiger partial charge < -0.3 is 15.7 Å². The molecule has 0 spiro atoms. The molecule has 19 heavy (non-hydrogen) atoms. The minimum Gasteiger partial charge on any atom is -0.395 e. The van der Waals surface area contributed by atoms with E-state index in [0.717, 1.165) is 12.8 Å². The van der Waals surface area contributed by atoms with E-state index in [9.17, 15) is 5.11 Å². The minimum atomic E-state index is 0.0800. The molecule has 1 saturated carbocycles. The van der Waals surface area contributed by atoms with E-state index >= 15 is 0 Å². The SMILES string of the molecule is Cc1nc(Cl)nc(N(CCO)C2CCCCC2)c1N. The first-order valence-electron chi connectivity index (χ1n) is 6.80. The van der Waals surface area contributed by atoms with Crippen molar-refractivity contribution in [1.29, 1.82) is 0 Å². The molecule has 0 amide bonds. The number of rotatable bonds is 4. The number of nitrogen functional groups attached to an aromatic ring is 1. The molecule has 1 aliphatic rings. The fourth-order valence-corrected chi connectivity index (χ4v) is 2.92. The van der Waals surface area contributed by atoms with Gasteiger partial charge in [-0.1, -0.05) is 19.3 Å². The van der Waals surface area contributed by atoms with Gasteiger partial charge >= 0.3 is 0 Å². The third-order valence-corrected chi connectivity index (χ3v) is 3.89. The van der Waals surface area contributed by atoms with Gasteiger partial charge in [0.15, 0.2) is 5.82 Å². The lowest BCUT2D eigenvalue weighted by atomic mass is 9.94. The van der Waals surface area contributed by atoms with Gasteiger partial charge in [0.2, 0.25) is 5.28 Å². The number of aliphatic hydroxyl groups excluding tert-OH is 1. The number of hydrogen-bond acceptors (Lipinski definition) is 5. The Balaban J connectivity index is 2.32. The second-order valence-corrected chi connectivity index (χ2v) is 5.36. The molecule has 106 valence electrons. The van der Waals surface area contributed by atoms with Crippen LogP contribution in [0.25, 0.3) is 0 Å². The van der Waals surface area contributed by atoms with Crippen molar-refractivity contribution in [1.82, 2.24) is 9.97 Å². The summed E-state index contributed by atoms with van der Waals surface area (Å²) in [5.74, 6) is 0.665. The van der Waals surface area contributed by atoms with Crippen LogP contribution in [0.3, 0.4) is 0 Å². The highest BCUT2D eigenvalue weighted by molar-refractivity contribution is 6.28. The van der Waals surface area contributed by atoms with Crippen molar-refractivity contribution in [2.75, 3.05) is 23.8 Å². The Morgan fingerprint density at radius 2 is 2.00 bits per heavy atom. The number of aromatic nitrogens is 2. The second-order valence-electron chi connectivity index (χ2n) is 5.02. The summed E-state index contributed by atoms with van der Waals surface area (Å²) < 4.78 is 0. The maximum absolute atomic E-state index is 9.30. The first kappa shape index (κ1) is 14.3. The molecule has 0 radical (unpaired) electrons. The van der Waals surface area contributed by atoms with Crippen LogP contribution >= 0.6 is 11.6 Å². The quantitative estimate of drug-likeness (QED) is 0.829. The van der Waals surface area contributed by atoms with Crippen LogP contribution in [0.1, 0.15) is 37.8 Å². The molecule has 0 aromatic carbocycles. The molecular weight excluding hydrogens is 264 g/mol. The van der Waals surface area contributed by atoms with Crippen molar-refractivity contribution in [3.8, 4) is 0 Å². The van der Waals surface area contributed by atoms with Crippen molar-refractivity contribution < 1.29 is 5.11 Å². The van der Waals surface area contributed by atoms with Crippen molar-refractivity contribution in [3.05, 3.63) is 11.0 Å².